The quantitative estimate of drug-likeness (QED) is 0.516. The monoisotopic (exact) mass is 132 g/mol. The Kier molecular flexibility index (Phi) is 3.93. The molecule has 0 fully saturated rings. The highest BCUT2D eigenvalue weighted by Crippen LogP contribution is 2.14. The van der Waals surface area contributed by atoms with E-state index in [-0.39, 0.29) is 0 Å². The Bertz CT molecular complexity index is 97.1. The summed E-state index contributed by atoms with van der Waals surface area (Å²) < 4.78 is 23.5. The standard InChI is InChI=1S/C7H10F2/c1-3-5-6(4-2)7(8)9/h3-4,6-7H,1-2,5H2. The van der Waals surface area contributed by atoms with Crippen LogP contribution in [0, 0.1) is 5.92 Å². The maximum atomic E-state index is 11.8. The molecule has 0 rings (SSSR count). The van der Waals surface area contributed by atoms with Crippen molar-refractivity contribution < 1.29 is 8.78 Å². The zero-order chi connectivity index (χ0) is 7.28. The third-order valence-corrected chi connectivity index (χ3v) is 1.07. The molecule has 0 saturated heterocycles. The number of rotatable bonds is 4. The molecular weight excluding hydrogens is 122 g/mol. The lowest BCUT2D eigenvalue weighted by molar-refractivity contribution is 0.102. The second-order valence-corrected chi connectivity index (χ2v) is 1.76. The van der Waals surface area contributed by atoms with Crippen LogP contribution in [0.1, 0.15) is 6.42 Å². The molecule has 0 aromatic carbocycles. The van der Waals surface area contributed by atoms with E-state index in [1.54, 1.807) is 0 Å². The van der Waals surface area contributed by atoms with E-state index in [9.17, 15) is 8.78 Å². The maximum Gasteiger partial charge on any atom is 0.245 e. The smallest absolute Gasteiger partial charge is 0.210 e. The zero-order valence-corrected chi connectivity index (χ0v) is 5.19. The minimum atomic E-state index is -2.31. The zero-order valence-electron chi connectivity index (χ0n) is 5.19. The summed E-state index contributed by atoms with van der Waals surface area (Å²) in [5, 5.41) is 0. The van der Waals surface area contributed by atoms with Crippen LogP contribution in [0.25, 0.3) is 0 Å². The largest absolute Gasteiger partial charge is 0.245 e. The highest BCUT2D eigenvalue weighted by Gasteiger charge is 2.13. The van der Waals surface area contributed by atoms with Gasteiger partial charge in [0.25, 0.3) is 0 Å². The van der Waals surface area contributed by atoms with E-state index >= 15 is 0 Å². The summed E-state index contributed by atoms with van der Waals surface area (Å²) in [6, 6.07) is 0. The highest BCUT2D eigenvalue weighted by molar-refractivity contribution is 4.86. The minimum absolute atomic E-state index is 0.307. The third kappa shape index (κ3) is 3.01. The Balaban J connectivity index is 3.66. The van der Waals surface area contributed by atoms with Crippen molar-refractivity contribution in [2.45, 2.75) is 12.8 Å². The molecule has 0 heterocycles. The Hall–Kier alpha value is -0.660. The van der Waals surface area contributed by atoms with Crippen LogP contribution in [-0.4, -0.2) is 6.43 Å². The number of hydrogen-bond donors (Lipinski definition) is 0. The summed E-state index contributed by atoms with van der Waals surface area (Å²) in [6.45, 7) is 6.62. The normalized spacial score (nSPS) is 13.2. The van der Waals surface area contributed by atoms with Gasteiger partial charge in [-0.15, -0.1) is 13.2 Å². The first-order chi connectivity index (χ1) is 4.22. The lowest BCUT2D eigenvalue weighted by atomic mass is 10.1. The predicted molar refractivity (Wildman–Crippen MR) is 34.5 cm³/mol. The molecule has 0 aromatic heterocycles. The van der Waals surface area contributed by atoms with Crippen LogP contribution in [-0.2, 0) is 0 Å². The predicted octanol–water partition coefficient (Wildman–Crippen LogP) is 2.63. The molecule has 0 saturated carbocycles. The van der Waals surface area contributed by atoms with Gasteiger partial charge in [0.15, 0.2) is 0 Å². The summed E-state index contributed by atoms with van der Waals surface area (Å²) >= 11 is 0. The van der Waals surface area contributed by atoms with Gasteiger partial charge in [-0.25, -0.2) is 8.78 Å². The fraction of sp³-hybridized carbons (Fsp3) is 0.429. The molecule has 1 unspecified atom stereocenters. The van der Waals surface area contributed by atoms with Crippen LogP contribution in [0.3, 0.4) is 0 Å². The van der Waals surface area contributed by atoms with Crippen molar-refractivity contribution in [3.8, 4) is 0 Å². The molecule has 52 valence electrons. The Labute approximate surface area is 53.9 Å². The second-order valence-electron chi connectivity index (χ2n) is 1.76. The first-order valence-electron chi connectivity index (χ1n) is 2.74. The van der Waals surface area contributed by atoms with Gasteiger partial charge in [-0.2, -0.15) is 0 Å². The molecule has 1 atom stereocenters. The van der Waals surface area contributed by atoms with Crippen molar-refractivity contribution >= 4 is 0 Å². The van der Waals surface area contributed by atoms with E-state index in [1.807, 2.05) is 0 Å². The van der Waals surface area contributed by atoms with Gasteiger partial charge in [-0.1, -0.05) is 12.2 Å². The maximum absolute atomic E-state index is 11.8. The number of allylic oxidation sites excluding steroid dienone is 2. The van der Waals surface area contributed by atoms with Gasteiger partial charge in [-0.05, 0) is 6.42 Å². The third-order valence-electron chi connectivity index (χ3n) is 1.07. The molecule has 0 aliphatic rings. The molecule has 0 nitrogen and oxygen atoms in total. The van der Waals surface area contributed by atoms with Crippen molar-refractivity contribution in [2.24, 2.45) is 5.92 Å². The van der Waals surface area contributed by atoms with E-state index < -0.39 is 12.3 Å². The van der Waals surface area contributed by atoms with E-state index in [1.165, 1.54) is 12.2 Å². The van der Waals surface area contributed by atoms with Gasteiger partial charge >= 0.3 is 0 Å². The number of halogens is 2. The van der Waals surface area contributed by atoms with Gasteiger partial charge in [0.05, 0.1) is 0 Å². The fourth-order valence-corrected chi connectivity index (χ4v) is 0.494. The average molecular weight is 132 g/mol. The van der Waals surface area contributed by atoms with Gasteiger partial charge in [-0.3, -0.25) is 0 Å². The Morgan fingerprint density at radius 3 is 2.00 bits per heavy atom. The van der Waals surface area contributed by atoms with Gasteiger partial charge in [0, 0.05) is 5.92 Å². The van der Waals surface area contributed by atoms with Crippen LogP contribution in [0.5, 0.6) is 0 Å². The second kappa shape index (κ2) is 4.24. The molecule has 0 amide bonds. The Morgan fingerprint density at radius 1 is 1.33 bits per heavy atom. The van der Waals surface area contributed by atoms with E-state index in [4.69, 9.17) is 0 Å². The molecule has 0 aliphatic carbocycles. The van der Waals surface area contributed by atoms with Crippen LogP contribution in [0.4, 0.5) is 8.78 Å². The lowest BCUT2D eigenvalue weighted by Crippen LogP contribution is -2.05. The molecule has 0 aliphatic heterocycles. The first-order valence-corrected chi connectivity index (χ1v) is 2.74. The summed E-state index contributed by atoms with van der Waals surface area (Å²) in [5.41, 5.74) is 0. The molecular formula is C7H10F2. The summed E-state index contributed by atoms with van der Waals surface area (Å²) in [5.74, 6) is -0.720. The molecule has 0 N–H and O–H groups in total. The van der Waals surface area contributed by atoms with Crippen molar-refractivity contribution in [1.82, 2.24) is 0 Å². The van der Waals surface area contributed by atoms with E-state index in [0.29, 0.717) is 6.42 Å². The fourth-order valence-electron chi connectivity index (χ4n) is 0.494. The molecule has 0 bridgehead atoms. The van der Waals surface area contributed by atoms with Crippen LogP contribution in [0.15, 0.2) is 25.3 Å². The number of hydrogen-bond acceptors (Lipinski definition) is 0. The van der Waals surface area contributed by atoms with Crippen molar-refractivity contribution in [1.29, 1.82) is 0 Å². The summed E-state index contributed by atoms with van der Waals surface area (Å²) in [4.78, 5) is 0. The van der Waals surface area contributed by atoms with Crippen LogP contribution in [0.2, 0.25) is 0 Å². The lowest BCUT2D eigenvalue weighted by Gasteiger charge is -2.05. The molecule has 0 spiro atoms. The van der Waals surface area contributed by atoms with Crippen molar-refractivity contribution in [3.63, 3.8) is 0 Å². The molecule has 0 radical (unpaired) electrons. The summed E-state index contributed by atoms with van der Waals surface area (Å²) in [7, 11) is 0. The van der Waals surface area contributed by atoms with Gasteiger partial charge in [0.2, 0.25) is 6.43 Å². The van der Waals surface area contributed by atoms with E-state index in [0.717, 1.165) is 0 Å². The average Bonchev–Trinajstić information content (AvgIpc) is 1.82. The molecule has 9 heavy (non-hydrogen) atoms. The van der Waals surface area contributed by atoms with Gasteiger partial charge < -0.3 is 0 Å². The van der Waals surface area contributed by atoms with Crippen LogP contribution < -0.4 is 0 Å². The SMILES string of the molecule is C=CCC(C=C)C(F)F. The number of alkyl halides is 2. The first kappa shape index (κ1) is 8.34. The van der Waals surface area contributed by atoms with E-state index in [2.05, 4.69) is 13.2 Å². The van der Waals surface area contributed by atoms with Gasteiger partial charge in [0.1, 0.15) is 0 Å². The molecule has 0 aromatic rings. The molecule has 2 heteroatoms. The van der Waals surface area contributed by atoms with Crippen molar-refractivity contribution in [2.75, 3.05) is 0 Å². The summed E-state index contributed by atoms with van der Waals surface area (Å²) in [6.07, 6.45) is 0.729. The topological polar surface area (TPSA) is 0 Å². The Morgan fingerprint density at radius 2 is 1.89 bits per heavy atom. The minimum Gasteiger partial charge on any atom is -0.210 e. The van der Waals surface area contributed by atoms with Crippen molar-refractivity contribution in [3.05, 3.63) is 25.3 Å². The van der Waals surface area contributed by atoms with Crippen LogP contribution >= 0.6 is 0 Å². The highest BCUT2D eigenvalue weighted by atomic mass is 19.3.